The van der Waals surface area contributed by atoms with Gasteiger partial charge in [-0.1, -0.05) is 17.3 Å². The van der Waals surface area contributed by atoms with Crippen molar-refractivity contribution < 1.29 is 23.9 Å². The predicted octanol–water partition coefficient (Wildman–Crippen LogP) is 2.35. The zero-order valence-corrected chi connectivity index (χ0v) is 10.3. The summed E-state index contributed by atoms with van der Waals surface area (Å²) in [4.78, 5) is 10.6. The summed E-state index contributed by atoms with van der Waals surface area (Å²) >= 11 is 0. The maximum Gasteiger partial charge on any atom is 0.358 e. The van der Waals surface area contributed by atoms with E-state index in [0.29, 0.717) is 23.9 Å². The minimum Gasteiger partial charge on any atom is -0.490 e. The molecule has 0 unspecified atom stereocenters. The highest BCUT2D eigenvalue weighted by Crippen LogP contribution is 2.27. The smallest absolute Gasteiger partial charge is 0.358 e. The number of hydrogen-bond acceptors (Lipinski definition) is 5. The third kappa shape index (κ3) is 3.25. The summed E-state index contributed by atoms with van der Waals surface area (Å²) in [5, 5.41) is 12.1. The fraction of sp³-hybridized carbons (Fsp3) is 0.231. The number of benzene rings is 1. The molecule has 0 amide bonds. The lowest BCUT2D eigenvalue weighted by Crippen LogP contribution is -1.99. The normalized spacial score (nSPS) is 10.2. The van der Waals surface area contributed by atoms with E-state index >= 15 is 0 Å². The highest BCUT2D eigenvalue weighted by Gasteiger charge is 2.12. The van der Waals surface area contributed by atoms with Crippen molar-refractivity contribution in [2.75, 3.05) is 6.61 Å². The summed E-state index contributed by atoms with van der Waals surface area (Å²) in [5.74, 6) is 0.397. The molecule has 2 aromatic rings. The molecular weight excluding hydrogens is 250 g/mol. The van der Waals surface area contributed by atoms with Gasteiger partial charge in [0.25, 0.3) is 0 Å². The lowest BCUT2D eigenvalue weighted by molar-refractivity contribution is 0.0685. The third-order valence-electron chi connectivity index (χ3n) is 2.30. The molecule has 0 fully saturated rings. The number of nitrogens with zero attached hydrogens (tertiary/aromatic N) is 1. The van der Waals surface area contributed by atoms with E-state index < -0.39 is 5.97 Å². The molecule has 1 aromatic carbocycles. The van der Waals surface area contributed by atoms with E-state index in [2.05, 4.69) is 5.16 Å². The van der Waals surface area contributed by atoms with Gasteiger partial charge in [0.15, 0.2) is 23.0 Å². The number of carboxylic acids is 1. The van der Waals surface area contributed by atoms with Crippen LogP contribution in [0.15, 0.2) is 34.9 Å². The first kappa shape index (κ1) is 12.9. The zero-order valence-electron chi connectivity index (χ0n) is 10.3. The Morgan fingerprint density at radius 2 is 2.00 bits per heavy atom. The van der Waals surface area contributed by atoms with Crippen LogP contribution >= 0.6 is 0 Å². The Morgan fingerprint density at radius 3 is 2.58 bits per heavy atom. The van der Waals surface area contributed by atoms with Crippen molar-refractivity contribution in [1.82, 2.24) is 5.16 Å². The summed E-state index contributed by atoms with van der Waals surface area (Å²) in [6.45, 7) is 2.50. The minimum atomic E-state index is -1.13. The van der Waals surface area contributed by atoms with Crippen LogP contribution in [0.2, 0.25) is 0 Å². The number of aromatic nitrogens is 1. The van der Waals surface area contributed by atoms with Crippen molar-refractivity contribution in [2.45, 2.75) is 13.5 Å². The van der Waals surface area contributed by atoms with Crippen LogP contribution in [0.3, 0.4) is 0 Å². The molecular formula is C13H13NO5. The molecule has 6 nitrogen and oxygen atoms in total. The third-order valence-corrected chi connectivity index (χ3v) is 2.30. The molecule has 0 radical (unpaired) electrons. The first-order valence-electron chi connectivity index (χ1n) is 5.74. The van der Waals surface area contributed by atoms with E-state index in [-0.39, 0.29) is 12.3 Å². The number of rotatable bonds is 6. The lowest BCUT2D eigenvalue weighted by Gasteiger charge is -2.09. The summed E-state index contributed by atoms with van der Waals surface area (Å²) in [7, 11) is 0. The molecule has 100 valence electrons. The van der Waals surface area contributed by atoms with Gasteiger partial charge in [0, 0.05) is 6.07 Å². The number of carbonyl (C=O) groups is 1. The van der Waals surface area contributed by atoms with Gasteiger partial charge in [-0.25, -0.2) is 4.79 Å². The van der Waals surface area contributed by atoms with Crippen LogP contribution in [0.4, 0.5) is 0 Å². The van der Waals surface area contributed by atoms with Gasteiger partial charge in [-0.2, -0.15) is 0 Å². The van der Waals surface area contributed by atoms with Crippen LogP contribution in [0, 0.1) is 0 Å². The molecule has 0 saturated heterocycles. The summed E-state index contributed by atoms with van der Waals surface area (Å²) < 4.78 is 15.8. The number of carboxylic acid groups (broad SMARTS) is 1. The Morgan fingerprint density at radius 1 is 1.32 bits per heavy atom. The molecule has 0 bridgehead atoms. The number of para-hydroxylation sites is 2. The molecule has 0 aliphatic carbocycles. The van der Waals surface area contributed by atoms with Crippen LogP contribution in [-0.2, 0) is 6.61 Å². The number of hydrogen-bond donors (Lipinski definition) is 1. The van der Waals surface area contributed by atoms with Gasteiger partial charge in [-0.15, -0.1) is 0 Å². The fourth-order valence-corrected chi connectivity index (χ4v) is 1.47. The SMILES string of the molecule is CCOc1ccccc1OCc1cc(C(=O)O)no1. The van der Waals surface area contributed by atoms with E-state index in [0.717, 1.165) is 0 Å². The van der Waals surface area contributed by atoms with Gasteiger partial charge in [0.2, 0.25) is 0 Å². The summed E-state index contributed by atoms with van der Waals surface area (Å²) in [6, 6.07) is 8.54. The Hall–Kier alpha value is -2.50. The lowest BCUT2D eigenvalue weighted by atomic mass is 10.3. The highest BCUT2D eigenvalue weighted by atomic mass is 16.5. The van der Waals surface area contributed by atoms with E-state index in [1.165, 1.54) is 6.07 Å². The Balaban J connectivity index is 2.03. The van der Waals surface area contributed by atoms with Crippen molar-refractivity contribution in [3.63, 3.8) is 0 Å². The standard InChI is InChI=1S/C13H13NO5/c1-2-17-11-5-3-4-6-12(11)18-8-9-7-10(13(15)16)14-19-9/h3-7H,2,8H2,1H3,(H,15,16). The first-order valence-corrected chi connectivity index (χ1v) is 5.74. The van der Waals surface area contributed by atoms with Crippen LogP contribution in [0.1, 0.15) is 23.2 Å². The van der Waals surface area contributed by atoms with E-state index in [9.17, 15) is 4.79 Å². The number of aromatic carboxylic acids is 1. The molecule has 1 N–H and O–H groups in total. The monoisotopic (exact) mass is 263 g/mol. The molecule has 0 saturated carbocycles. The van der Waals surface area contributed by atoms with Gasteiger partial charge in [-0.05, 0) is 19.1 Å². The summed E-state index contributed by atoms with van der Waals surface area (Å²) in [5.41, 5.74) is -0.142. The van der Waals surface area contributed by atoms with Gasteiger partial charge in [0.1, 0.15) is 6.61 Å². The molecule has 0 aliphatic heterocycles. The van der Waals surface area contributed by atoms with Crippen molar-refractivity contribution in [3.8, 4) is 11.5 Å². The van der Waals surface area contributed by atoms with Gasteiger partial charge in [-0.3, -0.25) is 0 Å². The van der Waals surface area contributed by atoms with Gasteiger partial charge in [0.05, 0.1) is 6.61 Å². The average Bonchev–Trinajstić information content (AvgIpc) is 2.87. The second-order valence-corrected chi connectivity index (χ2v) is 3.65. The largest absolute Gasteiger partial charge is 0.490 e. The molecule has 2 rings (SSSR count). The van der Waals surface area contributed by atoms with Crippen molar-refractivity contribution in [1.29, 1.82) is 0 Å². The van der Waals surface area contributed by atoms with Crippen LogP contribution in [0.25, 0.3) is 0 Å². The van der Waals surface area contributed by atoms with E-state index in [1.54, 1.807) is 12.1 Å². The molecule has 6 heteroatoms. The topological polar surface area (TPSA) is 81.8 Å². The maximum atomic E-state index is 10.6. The van der Waals surface area contributed by atoms with Gasteiger partial charge >= 0.3 is 5.97 Å². The molecule has 0 spiro atoms. The van der Waals surface area contributed by atoms with E-state index in [4.69, 9.17) is 19.1 Å². The van der Waals surface area contributed by atoms with Crippen molar-refractivity contribution >= 4 is 5.97 Å². The van der Waals surface area contributed by atoms with Gasteiger partial charge < -0.3 is 19.1 Å². The van der Waals surface area contributed by atoms with E-state index in [1.807, 2.05) is 19.1 Å². The average molecular weight is 263 g/mol. The van der Waals surface area contributed by atoms with Crippen LogP contribution in [-0.4, -0.2) is 22.8 Å². The number of ether oxygens (including phenoxy) is 2. The minimum absolute atomic E-state index is 0.0877. The van der Waals surface area contributed by atoms with Crippen LogP contribution in [0.5, 0.6) is 11.5 Å². The quantitative estimate of drug-likeness (QED) is 0.861. The second kappa shape index (κ2) is 5.90. The van der Waals surface area contributed by atoms with Crippen molar-refractivity contribution in [3.05, 3.63) is 41.8 Å². The van der Waals surface area contributed by atoms with Crippen molar-refractivity contribution in [2.24, 2.45) is 0 Å². The maximum absolute atomic E-state index is 10.6. The Kier molecular flexibility index (Phi) is 4.02. The highest BCUT2D eigenvalue weighted by molar-refractivity contribution is 5.85. The predicted molar refractivity (Wildman–Crippen MR) is 65.4 cm³/mol. The fourth-order valence-electron chi connectivity index (χ4n) is 1.47. The Labute approximate surface area is 109 Å². The molecule has 0 atom stereocenters. The second-order valence-electron chi connectivity index (χ2n) is 3.65. The van der Waals surface area contributed by atoms with Crippen LogP contribution < -0.4 is 9.47 Å². The summed E-state index contributed by atoms with van der Waals surface area (Å²) in [6.07, 6.45) is 0. The molecule has 0 aliphatic rings. The Bertz CT molecular complexity index is 564. The molecule has 19 heavy (non-hydrogen) atoms. The first-order chi connectivity index (χ1) is 9.20. The zero-order chi connectivity index (χ0) is 13.7. The molecule has 1 aromatic heterocycles. The molecule has 1 heterocycles.